The highest BCUT2D eigenvalue weighted by molar-refractivity contribution is 5.45. The summed E-state index contributed by atoms with van der Waals surface area (Å²) in [5.41, 5.74) is 1.93. The van der Waals surface area contributed by atoms with Crippen molar-refractivity contribution in [2.24, 2.45) is 5.92 Å². The zero-order valence-electron chi connectivity index (χ0n) is 12.3. The molecule has 3 nitrogen and oxygen atoms in total. The number of hydrogen-bond acceptors (Lipinski definition) is 3. The molecule has 3 atom stereocenters. The molecular weight excluding hydrogens is 236 g/mol. The van der Waals surface area contributed by atoms with Crippen LogP contribution in [0.4, 0.5) is 5.69 Å². The van der Waals surface area contributed by atoms with Gasteiger partial charge in [0, 0.05) is 13.1 Å². The van der Waals surface area contributed by atoms with Crippen molar-refractivity contribution in [1.29, 1.82) is 0 Å². The first-order valence-electron chi connectivity index (χ1n) is 7.50. The summed E-state index contributed by atoms with van der Waals surface area (Å²) in [6, 6.07) is 4.66. The maximum absolute atomic E-state index is 9.77. The Morgan fingerprint density at radius 1 is 1.37 bits per heavy atom. The Bertz CT molecular complexity index is 390. The topological polar surface area (TPSA) is 36.4 Å². The fraction of sp³-hybridized carbons (Fsp3) is 0.688. The van der Waals surface area contributed by atoms with E-state index in [2.05, 4.69) is 29.9 Å². The summed E-state index contributed by atoms with van der Waals surface area (Å²) in [7, 11) is 2.17. The van der Waals surface area contributed by atoms with E-state index in [4.69, 9.17) is 0 Å². The zero-order valence-corrected chi connectivity index (χ0v) is 12.3. The molecule has 0 saturated heterocycles. The first-order valence-corrected chi connectivity index (χ1v) is 7.50. The minimum Gasteiger partial charge on any atom is -0.387 e. The van der Waals surface area contributed by atoms with Gasteiger partial charge in [0.2, 0.25) is 0 Å². The van der Waals surface area contributed by atoms with Crippen LogP contribution in [0.25, 0.3) is 0 Å². The Kier molecular flexibility index (Phi) is 4.81. The molecule has 2 rings (SSSR count). The van der Waals surface area contributed by atoms with Crippen LogP contribution in [0.5, 0.6) is 0 Å². The van der Waals surface area contributed by atoms with Crippen LogP contribution in [0.1, 0.15) is 57.7 Å². The van der Waals surface area contributed by atoms with Gasteiger partial charge in [-0.15, -0.1) is 0 Å². The predicted octanol–water partition coefficient (Wildman–Crippen LogP) is 3.54. The molecule has 1 aliphatic rings. The molecule has 19 heavy (non-hydrogen) atoms. The molecule has 1 fully saturated rings. The number of aromatic nitrogens is 1. The summed E-state index contributed by atoms with van der Waals surface area (Å²) in [4.78, 5) is 6.76. The predicted molar refractivity (Wildman–Crippen MR) is 79.3 cm³/mol. The Hall–Kier alpha value is -1.09. The highest BCUT2D eigenvalue weighted by atomic mass is 16.3. The highest BCUT2D eigenvalue weighted by Crippen LogP contribution is 2.30. The lowest BCUT2D eigenvalue weighted by molar-refractivity contribution is 0.169. The van der Waals surface area contributed by atoms with E-state index in [1.807, 2.05) is 19.2 Å². The second-order valence-corrected chi connectivity index (χ2v) is 5.81. The SMILES string of the molecule is CCC(O)c1ccc(N(C)C2CCCCC2C)cn1. The molecule has 106 valence electrons. The Balaban J connectivity index is 2.08. The molecule has 1 aromatic heterocycles. The molecule has 1 aliphatic carbocycles. The average molecular weight is 262 g/mol. The van der Waals surface area contributed by atoms with Crippen molar-refractivity contribution < 1.29 is 5.11 Å². The third kappa shape index (κ3) is 3.27. The van der Waals surface area contributed by atoms with E-state index in [9.17, 15) is 5.11 Å². The quantitative estimate of drug-likeness (QED) is 0.901. The Morgan fingerprint density at radius 2 is 2.11 bits per heavy atom. The molecule has 0 amide bonds. The van der Waals surface area contributed by atoms with Gasteiger partial charge in [0.1, 0.15) is 0 Å². The number of rotatable bonds is 4. The molecule has 0 bridgehead atoms. The smallest absolute Gasteiger partial charge is 0.0957 e. The lowest BCUT2D eigenvalue weighted by Gasteiger charge is -2.37. The van der Waals surface area contributed by atoms with Crippen molar-refractivity contribution in [3.8, 4) is 0 Å². The molecular formula is C16H26N2O. The molecule has 0 aliphatic heterocycles. The van der Waals surface area contributed by atoms with Crippen molar-refractivity contribution in [2.75, 3.05) is 11.9 Å². The summed E-state index contributed by atoms with van der Waals surface area (Å²) in [6.07, 6.45) is 7.47. The lowest BCUT2D eigenvalue weighted by Crippen LogP contribution is -2.39. The zero-order chi connectivity index (χ0) is 13.8. The maximum Gasteiger partial charge on any atom is 0.0957 e. The standard InChI is InChI=1S/C16H26N2O/c1-4-16(19)14-10-9-13(11-17-14)18(3)15-8-6-5-7-12(15)2/h9-12,15-16,19H,4-8H2,1-3H3. The lowest BCUT2D eigenvalue weighted by atomic mass is 9.85. The van der Waals surface area contributed by atoms with Crippen LogP contribution in [0, 0.1) is 5.92 Å². The van der Waals surface area contributed by atoms with Crippen LogP contribution in [-0.4, -0.2) is 23.2 Å². The van der Waals surface area contributed by atoms with Crippen LogP contribution in [0.3, 0.4) is 0 Å². The van der Waals surface area contributed by atoms with Crippen molar-refractivity contribution in [1.82, 2.24) is 4.98 Å². The van der Waals surface area contributed by atoms with Gasteiger partial charge < -0.3 is 10.0 Å². The Morgan fingerprint density at radius 3 is 2.68 bits per heavy atom. The van der Waals surface area contributed by atoms with Crippen molar-refractivity contribution in [2.45, 2.75) is 58.1 Å². The molecule has 1 heterocycles. The van der Waals surface area contributed by atoms with Crippen LogP contribution in [-0.2, 0) is 0 Å². The highest BCUT2D eigenvalue weighted by Gasteiger charge is 2.25. The van der Waals surface area contributed by atoms with E-state index >= 15 is 0 Å². The number of aliphatic hydroxyl groups excluding tert-OH is 1. The van der Waals surface area contributed by atoms with Gasteiger partial charge >= 0.3 is 0 Å². The van der Waals surface area contributed by atoms with Gasteiger partial charge in [-0.05, 0) is 37.3 Å². The maximum atomic E-state index is 9.77. The largest absolute Gasteiger partial charge is 0.387 e. The second kappa shape index (κ2) is 6.38. The van der Waals surface area contributed by atoms with Gasteiger partial charge in [0.25, 0.3) is 0 Å². The summed E-state index contributed by atoms with van der Waals surface area (Å²) >= 11 is 0. The molecule has 3 heteroatoms. The first-order chi connectivity index (χ1) is 9.13. The fourth-order valence-corrected chi connectivity index (χ4v) is 3.08. The summed E-state index contributed by atoms with van der Waals surface area (Å²) < 4.78 is 0. The number of pyridine rings is 1. The van der Waals surface area contributed by atoms with Crippen LogP contribution in [0.15, 0.2) is 18.3 Å². The van der Waals surface area contributed by atoms with Gasteiger partial charge in [0.05, 0.1) is 23.7 Å². The minimum atomic E-state index is -0.437. The van der Waals surface area contributed by atoms with E-state index in [0.29, 0.717) is 12.5 Å². The minimum absolute atomic E-state index is 0.437. The third-order valence-corrected chi connectivity index (χ3v) is 4.47. The van der Waals surface area contributed by atoms with Crippen LogP contribution in [0.2, 0.25) is 0 Å². The van der Waals surface area contributed by atoms with Gasteiger partial charge in [-0.3, -0.25) is 4.98 Å². The van der Waals surface area contributed by atoms with Crippen LogP contribution < -0.4 is 4.90 Å². The normalized spacial score (nSPS) is 25.1. The number of aliphatic hydroxyl groups is 1. The third-order valence-electron chi connectivity index (χ3n) is 4.47. The molecule has 3 unspecified atom stereocenters. The van der Waals surface area contributed by atoms with E-state index in [-0.39, 0.29) is 0 Å². The van der Waals surface area contributed by atoms with Crippen molar-refractivity contribution >= 4 is 5.69 Å². The number of anilines is 1. The van der Waals surface area contributed by atoms with Crippen molar-refractivity contribution in [3.05, 3.63) is 24.0 Å². The summed E-state index contributed by atoms with van der Waals surface area (Å²) in [5, 5.41) is 9.77. The second-order valence-electron chi connectivity index (χ2n) is 5.81. The molecule has 1 saturated carbocycles. The Labute approximate surface area is 116 Å². The van der Waals surface area contributed by atoms with Gasteiger partial charge in [-0.1, -0.05) is 26.7 Å². The molecule has 1 aromatic rings. The number of hydrogen-bond donors (Lipinski definition) is 1. The summed E-state index contributed by atoms with van der Waals surface area (Å²) in [5.74, 6) is 0.750. The van der Waals surface area contributed by atoms with E-state index < -0.39 is 6.10 Å². The van der Waals surface area contributed by atoms with E-state index in [1.54, 1.807) is 0 Å². The van der Waals surface area contributed by atoms with E-state index in [1.165, 1.54) is 25.7 Å². The first kappa shape index (κ1) is 14.3. The molecule has 0 aromatic carbocycles. The number of nitrogens with zero attached hydrogens (tertiary/aromatic N) is 2. The molecule has 0 radical (unpaired) electrons. The molecule has 0 spiro atoms. The van der Waals surface area contributed by atoms with Gasteiger partial charge in [-0.2, -0.15) is 0 Å². The van der Waals surface area contributed by atoms with Gasteiger partial charge in [0.15, 0.2) is 0 Å². The van der Waals surface area contributed by atoms with Gasteiger partial charge in [-0.25, -0.2) is 0 Å². The molecule has 1 N–H and O–H groups in total. The van der Waals surface area contributed by atoms with Crippen LogP contribution >= 0.6 is 0 Å². The van der Waals surface area contributed by atoms with E-state index in [0.717, 1.165) is 17.3 Å². The summed E-state index contributed by atoms with van der Waals surface area (Å²) in [6.45, 7) is 4.32. The average Bonchev–Trinajstić information content (AvgIpc) is 2.46. The monoisotopic (exact) mass is 262 g/mol. The van der Waals surface area contributed by atoms with Crippen molar-refractivity contribution in [3.63, 3.8) is 0 Å². The fourth-order valence-electron chi connectivity index (χ4n) is 3.08.